The Balaban J connectivity index is 0.000000195. The van der Waals surface area contributed by atoms with Gasteiger partial charge in [0.25, 0.3) is 0 Å². The molecule has 0 aliphatic carbocycles. The van der Waals surface area contributed by atoms with E-state index in [-0.39, 0.29) is 77.0 Å². The first-order valence-corrected chi connectivity index (χ1v) is 31.8. The molecular formula is C93H78Ir3N6-6. The molecule has 0 saturated carbocycles. The largest absolute Gasteiger partial charge is 0.304 e. The van der Waals surface area contributed by atoms with Crippen LogP contribution in [-0.4, -0.2) is 29.9 Å². The minimum atomic E-state index is -2.42. The molecule has 15 aromatic rings. The molecular weight excluding hydrogens is 1780 g/mol. The summed E-state index contributed by atoms with van der Waals surface area (Å²) in [6.45, 7) is -3.57. The molecule has 6 heterocycles. The van der Waals surface area contributed by atoms with Crippen molar-refractivity contribution in [1.29, 1.82) is 0 Å². The van der Waals surface area contributed by atoms with E-state index in [1.807, 2.05) is 200 Å². The molecule has 1 atom stereocenters. The van der Waals surface area contributed by atoms with Gasteiger partial charge >= 0.3 is 0 Å². The normalized spacial score (nSPS) is 13.4. The van der Waals surface area contributed by atoms with Crippen molar-refractivity contribution in [3.05, 3.63) is 398 Å². The Hall–Kier alpha value is -10.2. The Bertz CT molecular complexity index is 5230. The predicted molar refractivity (Wildman–Crippen MR) is 410 cm³/mol. The van der Waals surface area contributed by atoms with Crippen LogP contribution in [0.4, 0.5) is 0 Å². The van der Waals surface area contributed by atoms with Crippen molar-refractivity contribution in [2.75, 3.05) is 0 Å². The van der Waals surface area contributed by atoms with Crippen LogP contribution in [0.1, 0.15) is 80.5 Å². The van der Waals surface area contributed by atoms with Gasteiger partial charge in [-0.25, -0.2) is 0 Å². The Kier molecular flexibility index (Phi) is 24.6. The molecule has 0 aliphatic heterocycles. The maximum absolute atomic E-state index is 8.40. The van der Waals surface area contributed by atoms with Crippen LogP contribution in [0.3, 0.4) is 0 Å². The van der Waals surface area contributed by atoms with Crippen molar-refractivity contribution in [3.8, 4) is 101 Å². The molecule has 0 saturated heterocycles. The Morgan fingerprint density at radius 2 is 0.608 bits per heavy atom. The molecule has 9 aromatic carbocycles. The summed E-state index contributed by atoms with van der Waals surface area (Å²) in [6, 6.07) is 109. The van der Waals surface area contributed by atoms with Gasteiger partial charge in [-0.15, -0.1) is 215 Å². The first-order valence-electron chi connectivity index (χ1n) is 39.3. The fourth-order valence-corrected chi connectivity index (χ4v) is 10.0. The second kappa shape index (κ2) is 42.2. The zero-order valence-electron chi connectivity index (χ0n) is 70.9. The van der Waals surface area contributed by atoms with Crippen LogP contribution in [-0.2, 0) is 66.7 Å². The van der Waals surface area contributed by atoms with Gasteiger partial charge < -0.3 is 29.9 Å². The van der Waals surface area contributed by atoms with Crippen LogP contribution in [0.5, 0.6) is 0 Å². The van der Waals surface area contributed by atoms with Crippen LogP contribution in [0.2, 0.25) is 0 Å². The number of hydrogen-bond donors (Lipinski definition) is 0. The van der Waals surface area contributed by atoms with Crippen LogP contribution in [0.15, 0.2) is 328 Å². The third-order valence-corrected chi connectivity index (χ3v) is 15.1. The average molecular weight is 1870 g/mol. The van der Waals surface area contributed by atoms with Gasteiger partial charge in [0.2, 0.25) is 0 Å². The number of aryl methyl sites for hydroxylation is 5. The van der Waals surface area contributed by atoms with E-state index in [9.17, 15) is 0 Å². The van der Waals surface area contributed by atoms with Crippen molar-refractivity contribution in [2.45, 2.75) is 60.4 Å². The maximum Gasteiger partial charge on any atom is 0.0347 e. The third-order valence-electron chi connectivity index (χ3n) is 15.1. The predicted octanol–water partition coefficient (Wildman–Crippen LogP) is 23.2. The number of nitrogens with zero attached hydrogens (tertiary/aromatic N) is 6. The molecule has 1 unspecified atom stereocenters. The quantitative estimate of drug-likeness (QED) is 0.120. The summed E-state index contributed by atoms with van der Waals surface area (Å²) in [5.74, 6) is -1.70. The summed E-state index contributed by atoms with van der Waals surface area (Å²) in [5, 5.41) is 0. The van der Waals surface area contributed by atoms with Gasteiger partial charge in [0, 0.05) is 118 Å². The summed E-state index contributed by atoms with van der Waals surface area (Å²) in [4.78, 5) is 25.9. The van der Waals surface area contributed by atoms with E-state index in [4.69, 9.17) is 20.6 Å². The molecule has 9 heteroatoms. The van der Waals surface area contributed by atoms with Crippen molar-refractivity contribution < 1.29 is 80.9 Å². The van der Waals surface area contributed by atoms with E-state index in [1.165, 1.54) is 36.6 Å². The van der Waals surface area contributed by atoms with Crippen molar-refractivity contribution in [3.63, 3.8) is 0 Å². The van der Waals surface area contributed by atoms with E-state index in [0.29, 0.717) is 16.7 Å². The number of hydrogen-bond acceptors (Lipinski definition) is 6. The van der Waals surface area contributed by atoms with E-state index in [0.717, 1.165) is 89.8 Å². The van der Waals surface area contributed by atoms with E-state index in [1.54, 1.807) is 86.0 Å². The second-order valence-corrected chi connectivity index (χ2v) is 22.0. The fraction of sp³-hybridized carbons (Fsp3) is 0.0968. The summed E-state index contributed by atoms with van der Waals surface area (Å²) >= 11 is 0. The average Bonchev–Trinajstić information content (AvgIpc) is 0.770. The van der Waals surface area contributed by atoms with Crippen LogP contribution in [0, 0.1) is 63.9 Å². The zero-order valence-corrected chi connectivity index (χ0v) is 63.0. The summed E-state index contributed by atoms with van der Waals surface area (Å²) in [5.41, 5.74) is 19.1. The molecule has 6 nitrogen and oxygen atoms in total. The molecule has 6 aromatic heterocycles. The number of aromatic nitrogens is 6. The second-order valence-electron chi connectivity index (χ2n) is 22.0. The fourth-order valence-electron chi connectivity index (χ4n) is 10.0. The number of rotatable bonds is 11. The molecule has 0 amide bonds. The van der Waals surface area contributed by atoms with Gasteiger partial charge in [-0.05, 0) is 141 Å². The van der Waals surface area contributed by atoms with Gasteiger partial charge in [-0.3, -0.25) is 0 Å². The maximum atomic E-state index is 8.40. The molecule has 102 heavy (non-hydrogen) atoms. The Morgan fingerprint density at radius 3 is 0.892 bits per heavy atom. The summed E-state index contributed by atoms with van der Waals surface area (Å²) in [6.07, 6.45) is 8.22. The van der Waals surface area contributed by atoms with Gasteiger partial charge in [0.1, 0.15) is 0 Å². The Labute approximate surface area is 665 Å². The van der Waals surface area contributed by atoms with Crippen molar-refractivity contribution >= 4 is 0 Å². The van der Waals surface area contributed by atoms with Gasteiger partial charge in [0.15, 0.2) is 0 Å². The standard InChI is InChI=1S/C20H18N.C19H16N.C18H14N.3C12H10N.3Ir/c1-15(2)18-10-6-7-11-19(18)17-12-13-20(21-14-17)16-8-4-3-5-9-16;1-2-15-8-6-7-11-18(15)17-12-13-19(20-14-17)16-9-4-3-5-10-16;1-14-7-5-6-10-17(14)16-11-12-18(19-13-16)15-8-3-2-4-9-15;3*1-10-7-8-12(13-9-10)11-5-3-2-4-6-11;;;/h3-8,10-15H,1-2H3;3-9,11-14H,2H2,1H3;2-8,10-13H,1H3;3*2-5,7-9H,1H3;;;/q6*-1;;;/i1D3,15D;2D2;;3*1D3;;;. The van der Waals surface area contributed by atoms with Crippen molar-refractivity contribution in [1.82, 2.24) is 29.9 Å². The minimum absolute atomic E-state index is 0. The zero-order chi connectivity index (χ0) is 81.5. The van der Waals surface area contributed by atoms with Gasteiger partial charge in [-0.2, -0.15) is 0 Å². The molecule has 513 valence electrons. The molecule has 0 spiro atoms. The summed E-state index contributed by atoms with van der Waals surface area (Å²) in [7, 11) is 0. The topological polar surface area (TPSA) is 77.3 Å². The molecule has 15 rings (SSSR count). The molecule has 0 N–H and O–H groups in total. The van der Waals surface area contributed by atoms with Crippen LogP contribution in [0.25, 0.3) is 101 Å². The Morgan fingerprint density at radius 1 is 0.324 bits per heavy atom. The summed E-state index contributed by atoms with van der Waals surface area (Å²) < 4.78 is 113. The SMILES string of the molecule is Cc1ccccc1-c1ccc(-c2[c-]cccc2)nc1.[2H]C([2H])(C)c1ccccc1-c1ccc(-c2[c-]cccc2)nc1.[2H]C([2H])([2H])C([2H])(C)c1ccccc1-c1ccc(-c2[c-]cccc2)nc1.[2H]C([2H])([2H])c1ccc(-c2[c-]cccc2)nc1.[2H]C([2H])([2H])c1ccc(-c2[c-]cccc2)nc1.[2H]C([2H])([2H])c1ccc(-c2[c-]cccc2)nc1.[Ir].[Ir].[Ir]. The first kappa shape index (κ1) is 59.5. The number of pyridine rings is 6. The monoisotopic (exact) mass is 1870 g/mol. The molecule has 0 fully saturated rings. The smallest absolute Gasteiger partial charge is 0.0347 e. The molecule has 0 aliphatic rings. The van der Waals surface area contributed by atoms with E-state index < -0.39 is 39.7 Å². The van der Waals surface area contributed by atoms with Gasteiger partial charge in [0.05, 0.1) is 0 Å². The molecule has 3 radical (unpaired) electrons. The van der Waals surface area contributed by atoms with Crippen LogP contribution >= 0.6 is 0 Å². The van der Waals surface area contributed by atoms with E-state index >= 15 is 0 Å². The minimum Gasteiger partial charge on any atom is -0.304 e. The van der Waals surface area contributed by atoms with E-state index in [2.05, 4.69) is 104 Å². The van der Waals surface area contributed by atoms with Gasteiger partial charge in [-0.1, -0.05) is 166 Å². The first-order chi connectivity index (χ1) is 54.4. The molecule has 0 bridgehead atoms. The van der Waals surface area contributed by atoms with Crippen LogP contribution < -0.4 is 0 Å². The third kappa shape index (κ3) is 23.7. The number of benzene rings is 9. The van der Waals surface area contributed by atoms with Crippen molar-refractivity contribution in [2.24, 2.45) is 0 Å².